The second kappa shape index (κ2) is 5.27. The molecule has 20 heavy (non-hydrogen) atoms. The van der Waals surface area contributed by atoms with Crippen molar-refractivity contribution >= 4 is 33.3 Å². The lowest BCUT2D eigenvalue weighted by Crippen LogP contribution is -2.15. The van der Waals surface area contributed by atoms with E-state index >= 15 is 0 Å². The lowest BCUT2D eigenvalue weighted by molar-refractivity contribution is 0.430. The molecule has 0 bridgehead atoms. The minimum absolute atomic E-state index is 0.0552. The van der Waals surface area contributed by atoms with Crippen LogP contribution in [-0.2, 0) is 10.0 Å². The van der Waals surface area contributed by atoms with Crippen molar-refractivity contribution in [1.82, 2.24) is 10.1 Å². The minimum Gasteiger partial charge on any atom is -0.337 e. The van der Waals surface area contributed by atoms with Gasteiger partial charge in [0.05, 0.1) is 10.7 Å². The Hall–Kier alpha value is -1.84. The molecule has 0 unspecified atom stereocenters. The number of nitrogens with one attached hydrogen (secondary N) is 2. The number of nitrogen functional groups attached to an aromatic ring is 1. The lowest BCUT2D eigenvalue weighted by atomic mass is 10.3. The van der Waals surface area contributed by atoms with E-state index in [-0.39, 0.29) is 21.6 Å². The molecule has 0 atom stereocenters. The first-order valence-electron chi connectivity index (χ1n) is 5.43. The van der Waals surface area contributed by atoms with Gasteiger partial charge in [-0.2, -0.15) is 0 Å². The molecule has 0 aliphatic rings. The molecule has 0 aromatic carbocycles. The van der Waals surface area contributed by atoms with Crippen LogP contribution in [-0.4, -0.2) is 18.6 Å². The van der Waals surface area contributed by atoms with Gasteiger partial charge in [-0.05, 0) is 19.9 Å². The van der Waals surface area contributed by atoms with Crippen LogP contribution in [0.1, 0.15) is 11.3 Å². The molecule has 2 aromatic rings. The standard InChI is InChI=1S/C10H12ClN5O3S/c1-5-6(2)15-19-10(5)16-20(17,18)7-3-8(11)9(14-12)13-4-7/h3-4,16H,12H2,1-2H3,(H,13,14). The van der Waals surface area contributed by atoms with Gasteiger partial charge in [-0.25, -0.2) is 24.0 Å². The highest BCUT2D eigenvalue weighted by Crippen LogP contribution is 2.25. The molecular weight excluding hydrogens is 306 g/mol. The van der Waals surface area contributed by atoms with Crippen LogP contribution in [0.2, 0.25) is 5.02 Å². The highest BCUT2D eigenvalue weighted by Gasteiger charge is 2.20. The summed E-state index contributed by atoms with van der Waals surface area (Å²) in [5.74, 6) is 5.40. The average molecular weight is 318 g/mol. The normalized spacial score (nSPS) is 11.4. The van der Waals surface area contributed by atoms with E-state index in [9.17, 15) is 8.42 Å². The highest BCUT2D eigenvalue weighted by atomic mass is 35.5. The third-order valence-corrected chi connectivity index (χ3v) is 4.23. The summed E-state index contributed by atoms with van der Waals surface area (Å²) < 4.78 is 31.5. The SMILES string of the molecule is Cc1noc(NS(=O)(=O)c2cnc(NN)c(Cl)c2)c1C. The Morgan fingerprint density at radius 1 is 1.40 bits per heavy atom. The van der Waals surface area contributed by atoms with E-state index in [1.165, 1.54) is 6.07 Å². The number of aromatic nitrogens is 2. The number of pyridine rings is 1. The van der Waals surface area contributed by atoms with Crippen molar-refractivity contribution in [1.29, 1.82) is 0 Å². The van der Waals surface area contributed by atoms with Crippen LogP contribution in [0, 0.1) is 13.8 Å². The molecule has 0 aliphatic carbocycles. The summed E-state index contributed by atoms with van der Waals surface area (Å²) >= 11 is 5.84. The van der Waals surface area contributed by atoms with Gasteiger partial charge in [0, 0.05) is 11.8 Å². The Balaban J connectivity index is 2.36. The van der Waals surface area contributed by atoms with Gasteiger partial charge in [-0.1, -0.05) is 16.8 Å². The summed E-state index contributed by atoms with van der Waals surface area (Å²) in [6, 6.07) is 1.23. The molecular formula is C10H12ClN5O3S. The smallest absolute Gasteiger partial charge is 0.265 e. The zero-order valence-electron chi connectivity index (χ0n) is 10.6. The summed E-state index contributed by atoms with van der Waals surface area (Å²) in [5, 5.41) is 3.75. The third-order valence-electron chi connectivity index (χ3n) is 2.65. The zero-order chi connectivity index (χ0) is 14.9. The second-order valence-electron chi connectivity index (χ2n) is 3.97. The summed E-state index contributed by atoms with van der Waals surface area (Å²) in [6.45, 7) is 3.40. The van der Waals surface area contributed by atoms with Crippen LogP contribution in [0.5, 0.6) is 0 Å². The summed E-state index contributed by atoms with van der Waals surface area (Å²) in [5.41, 5.74) is 3.45. The molecule has 2 aromatic heterocycles. The molecule has 0 fully saturated rings. The molecule has 108 valence electrons. The number of halogens is 1. The van der Waals surface area contributed by atoms with Crippen molar-refractivity contribution in [2.75, 3.05) is 10.1 Å². The largest absolute Gasteiger partial charge is 0.337 e. The van der Waals surface area contributed by atoms with E-state index in [4.69, 9.17) is 22.0 Å². The van der Waals surface area contributed by atoms with Crippen LogP contribution in [0.25, 0.3) is 0 Å². The maximum absolute atomic E-state index is 12.2. The van der Waals surface area contributed by atoms with Gasteiger partial charge >= 0.3 is 0 Å². The number of sulfonamides is 1. The number of nitrogens with zero attached hydrogens (tertiary/aromatic N) is 2. The quantitative estimate of drug-likeness (QED) is 0.575. The van der Waals surface area contributed by atoms with Crippen molar-refractivity contribution in [2.45, 2.75) is 18.7 Å². The van der Waals surface area contributed by atoms with Gasteiger partial charge < -0.3 is 9.95 Å². The van der Waals surface area contributed by atoms with E-state index in [1.54, 1.807) is 13.8 Å². The first-order valence-corrected chi connectivity index (χ1v) is 7.29. The van der Waals surface area contributed by atoms with Crippen LogP contribution < -0.4 is 16.0 Å². The first kappa shape index (κ1) is 14.6. The van der Waals surface area contributed by atoms with Crippen LogP contribution >= 0.6 is 11.6 Å². The number of anilines is 2. The van der Waals surface area contributed by atoms with Crippen molar-refractivity contribution < 1.29 is 12.9 Å². The van der Waals surface area contributed by atoms with Crippen molar-refractivity contribution in [3.05, 3.63) is 28.5 Å². The summed E-state index contributed by atoms with van der Waals surface area (Å²) in [4.78, 5) is 3.68. The highest BCUT2D eigenvalue weighted by molar-refractivity contribution is 7.92. The minimum atomic E-state index is -3.87. The molecule has 0 saturated heterocycles. The lowest BCUT2D eigenvalue weighted by Gasteiger charge is -2.07. The average Bonchev–Trinajstić information content (AvgIpc) is 2.70. The third kappa shape index (κ3) is 2.69. The monoisotopic (exact) mass is 317 g/mol. The van der Waals surface area contributed by atoms with Gasteiger partial charge in [-0.3, -0.25) is 0 Å². The Morgan fingerprint density at radius 2 is 2.10 bits per heavy atom. The summed E-state index contributed by atoms with van der Waals surface area (Å²) in [6.07, 6.45) is 1.13. The fourth-order valence-electron chi connectivity index (χ4n) is 1.37. The van der Waals surface area contributed by atoms with Gasteiger partial charge in [0.25, 0.3) is 10.0 Å². The van der Waals surface area contributed by atoms with E-state index in [2.05, 4.69) is 20.3 Å². The molecule has 0 aliphatic heterocycles. The van der Waals surface area contributed by atoms with Crippen molar-refractivity contribution in [2.24, 2.45) is 5.84 Å². The number of nitrogens with two attached hydrogens (primary N) is 1. The number of hydrogen-bond acceptors (Lipinski definition) is 7. The maximum Gasteiger partial charge on any atom is 0.265 e. The molecule has 0 saturated carbocycles. The number of aryl methyl sites for hydroxylation is 1. The van der Waals surface area contributed by atoms with E-state index in [0.717, 1.165) is 6.20 Å². The fourth-order valence-corrected chi connectivity index (χ4v) is 2.67. The Labute approximate surface area is 120 Å². The summed E-state index contributed by atoms with van der Waals surface area (Å²) in [7, 11) is -3.87. The van der Waals surface area contributed by atoms with Gasteiger partial charge in [0.1, 0.15) is 4.90 Å². The van der Waals surface area contributed by atoms with Crippen molar-refractivity contribution in [3.8, 4) is 0 Å². The number of hydrazine groups is 1. The van der Waals surface area contributed by atoms with Gasteiger partial charge in [0.15, 0.2) is 5.82 Å². The topological polar surface area (TPSA) is 123 Å². The fraction of sp³-hybridized carbons (Fsp3) is 0.200. The van der Waals surface area contributed by atoms with E-state index < -0.39 is 10.0 Å². The number of rotatable bonds is 4. The predicted molar refractivity (Wildman–Crippen MR) is 73.8 cm³/mol. The van der Waals surface area contributed by atoms with Gasteiger partial charge in [-0.15, -0.1) is 0 Å². The zero-order valence-corrected chi connectivity index (χ0v) is 12.2. The molecule has 0 spiro atoms. The van der Waals surface area contributed by atoms with E-state index in [1.807, 2.05) is 0 Å². The predicted octanol–water partition coefficient (Wildman–Crippen LogP) is 1.43. The molecule has 2 rings (SSSR count). The molecule has 8 nitrogen and oxygen atoms in total. The van der Waals surface area contributed by atoms with Crippen LogP contribution in [0.4, 0.5) is 11.7 Å². The first-order chi connectivity index (χ1) is 9.35. The second-order valence-corrected chi connectivity index (χ2v) is 6.06. The molecule has 4 N–H and O–H groups in total. The Morgan fingerprint density at radius 3 is 2.60 bits per heavy atom. The molecule has 0 radical (unpaired) electrons. The maximum atomic E-state index is 12.2. The molecule has 0 amide bonds. The van der Waals surface area contributed by atoms with Crippen LogP contribution in [0.15, 0.2) is 21.7 Å². The molecule has 2 heterocycles. The number of hydrogen-bond donors (Lipinski definition) is 3. The van der Waals surface area contributed by atoms with Crippen LogP contribution in [0.3, 0.4) is 0 Å². The van der Waals surface area contributed by atoms with E-state index in [0.29, 0.717) is 11.3 Å². The Kier molecular flexibility index (Phi) is 3.84. The molecule has 10 heteroatoms. The van der Waals surface area contributed by atoms with Crippen molar-refractivity contribution in [3.63, 3.8) is 0 Å². The Bertz CT molecular complexity index is 743. The van der Waals surface area contributed by atoms with Gasteiger partial charge in [0.2, 0.25) is 5.88 Å².